The molecular formula is C10H10N6. The van der Waals surface area contributed by atoms with Crippen molar-refractivity contribution in [3.63, 3.8) is 0 Å². The predicted molar refractivity (Wildman–Crippen MR) is 59.5 cm³/mol. The van der Waals surface area contributed by atoms with Gasteiger partial charge in [-0.2, -0.15) is 10.2 Å². The van der Waals surface area contributed by atoms with Gasteiger partial charge < -0.3 is 5.32 Å². The summed E-state index contributed by atoms with van der Waals surface area (Å²) in [7, 11) is 1.87. The van der Waals surface area contributed by atoms with Crippen molar-refractivity contribution in [3.8, 4) is 0 Å². The van der Waals surface area contributed by atoms with E-state index in [1.807, 2.05) is 37.6 Å². The molecule has 16 heavy (non-hydrogen) atoms. The van der Waals surface area contributed by atoms with Crippen LogP contribution in [-0.4, -0.2) is 24.4 Å². The number of hydrogen-bond acceptors (Lipinski definition) is 4. The molecule has 0 unspecified atom stereocenters. The molecule has 0 aliphatic carbocycles. The van der Waals surface area contributed by atoms with Crippen molar-refractivity contribution < 1.29 is 0 Å². The summed E-state index contributed by atoms with van der Waals surface area (Å²) in [5, 5.41) is 11.4. The van der Waals surface area contributed by atoms with Gasteiger partial charge in [0.15, 0.2) is 11.5 Å². The van der Waals surface area contributed by atoms with E-state index in [1.165, 1.54) is 0 Å². The number of aryl methyl sites for hydroxylation is 1. The van der Waals surface area contributed by atoms with E-state index in [0.717, 1.165) is 17.3 Å². The van der Waals surface area contributed by atoms with Gasteiger partial charge in [0, 0.05) is 31.6 Å². The Balaban J connectivity index is 1.94. The molecule has 6 nitrogen and oxygen atoms in total. The fourth-order valence-electron chi connectivity index (χ4n) is 1.50. The highest BCUT2D eigenvalue weighted by molar-refractivity contribution is 5.54. The maximum Gasteiger partial charge on any atom is 0.157 e. The molecule has 3 aromatic rings. The number of aromatic nitrogens is 5. The van der Waals surface area contributed by atoms with Crippen LogP contribution in [0, 0.1) is 0 Å². The Morgan fingerprint density at radius 3 is 2.81 bits per heavy atom. The SMILES string of the molecule is Cn1ccc(Nc2ccn3nccc3n2)n1. The summed E-state index contributed by atoms with van der Waals surface area (Å²) in [6.45, 7) is 0. The molecule has 0 amide bonds. The molecule has 0 atom stereocenters. The quantitative estimate of drug-likeness (QED) is 0.696. The number of hydrogen-bond donors (Lipinski definition) is 1. The van der Waals surface area contributed by atoms with Gasteiger partial charge in [-0.1, -0.05) is 0 Å². The lowest BCUT2D eigenvalue weighted by Crippen LogP contribution is -1.98. The molecule has 1 N–H and O–H groups in total. The number of anilines is 2. The molecule has 6 heteroatoms. The molecule has 0 aliphatic rings. The Kier molecular flexibility index (Phi) is 1.86. The van der Waals surface area contributed by atoms with Crippen LogP contribution in [0.3, 0.4) is 0 Å². The average Bonchev–Trinajstić information content (AvgIpc) is 2.87. The highest BCUT2D eigenvalue weighted by Gasteiger charge is 2.00. The van der Waals surface area contributed by atoms with Crippen molar-refractivity contribution >= 4 is 17.3 Å². The van der Waals surface area contributed by atoms with Crippen LogP contribution < -0.4 is 5.32 Å². The van der Waals surface area contributed by atoms with Gasteiger partial charge in [0.1, 0.15) is 5.82 Å². The minimum atomic E-state index is 0.756. The Hall–Kier alpha value is -2.37. The van der Waals surface area contributed by atoms with Crippen LogP contribution in [0.4, 0.5) is 11.6 Å². The van der Waals surface area contributed by atoms with Crippen LogP contribution in [0.1, 0.15) is 0 Å². The van der Waals surface area contributed by atoms with Gasteiger partial charge >= 0.3 is 0 Å². The fourth-order valence-corrected chi connectivity index (χ4v) is 1.50. The third-order valence-corrected chi connectivity index (χ3v) is 2.23. The lowest BCUT2D eigenvalue weighted by atomic mass is 10.5. The van der Waals surface area contributed by atoms with Crippen LogP contribution in [-0.2, 0) is 7.05 Å². The van der Waals surface area contributed by atoms with Crippen molar-refractivity contribution in [1.82, 2.24) is 24.4 Å². The second kappa shape index (κ2) is 3.34. The van der Waals surface area contributed by atoms with E-state index in [9.17, 15) is 0 Å². The second-order valence-electron chi connectivity index (χ2n) is 3.45. The zero-order valence-corrected chi connectivity index (χ0v) is 8.70. The first-order valence-corrected chi connectivity index (χ1v) is 4.88. The number of nitrogens with zero attached hydrogens (tertiary/aromatic N) is 5. The van der Waals surface area contributed by atoms with Gasteiger partial charge in [0.2, 0.25) is 0 Å². The van der Waals surface area contributed by atoms with Gasteiger partial charge in [-0.05, 0) is 6.07 Å². The number of rotatable bonds is 2. The lowest BCUT2D eigenvalue weighted by molar-refractivity contribution is 0.771. The first-order valence-electron chi connectivity index (χ1n) is 4.88. The lowest BCUT2D eigenvalue weighted by Gasteiger charge is -2.01. The van der Waals surface area contributed by atoms with Crippen LogP contribution >= 0.6 is 0 Å². The molecule has 0 radical (unpaired) electrons. The molecule has 0 spiro atoms. The predicted octanol–water partition coefficient (Wildman–Crippen LogP) is 1.21. The van der Waals surface area contributed by atoms with Gasteiger partial charge in [0.05, 0.1) is 6.20 Å². The molecule has 0 aromatic carbocycles. The zero-order chi connectivity index (χ0) is 11.0. The average molecular weight is 214 g/mol. The summed E-state index contributed by atoms with van der Waals surface area (Å²) in [4.78, 5) is 4.38. The fraction of sp³-hybridized carbons (Fsp3) is 0.100. The molecule has 0 fully saturated rings. The third-order valence-electron chi connectivity index (χ3n) is 2.23. The molecule has 3 aromatic heterocycles. The van der Waals surface area contributed by atoms with E-state index in [1.54, 1.807) is 15.4 Å². The summed E-state index contributed by atoms with van der Waals surface area (Å²) < 4.78 is 3.45. The molecule has 80 valence electrons. The standard InChI is InChI=1S/C10H10N6/c1-15-6-3-9(14-15)12-8-4-7-16-10(13-8)2-5-11-16/h2-7H,1H3,(H,12,13,14). The van der Waals surface area contributed by atoms with Crippen LogP contribution in [0.2, 0.25) is 0 Å². The Labute approximate surface area is 91.5 Å². The Morgan fingerprint density at radius 1 is 1.12 bits per heavy atom. The molecule has 0 saturated heterocycles. The molecule has 0 aliphatic heterocycles. The summed E-state index contributed by atoms with van der Waals surface area (Å²) >= 11 is 0. The Bertz CT molecular complexity index is 623. The van der Waals surface area contributed by atoms with Gasteiger partial charge in [-0.3, -0.25) is 4.68 Å². The van der Waals surface area contributed by atoms with Gasteiger partial charge in [0.25, 0.3) is 0 Å². The number of fused-ring (bicyclic) bond motifs is 1. The van der Waals surface area contributed by atoms with E-state index < -0.39 is 0 Å². The van der Waals surface area contributed by atoms with E-state index in [4.69, 9.17) is 0 Å². The van der Waals surface area contributed by atoms with E-state index >= 15 is 0 Å². The van der Waals surface area contributed by atoms with E-state index in [-0.39, 0.29) is 0 Å². The van der Waals surface area contributed by atoms with E-state index in [2.05, 4.69) is 20.5 Å². The topological polar surface area (TPSA) is 60.0 Å². The molecule has 3 heterocycles. The van der Waals surface area contributed by atoms with Crippen molar-refractivity contribution in [2.45, 2.75) is 0 Å². The van der Waals surface area contributed by atoms with Crippen molar-refractivity contribution in [2.24, 2.45) is 7.05 Å². The second-order valence-corrected chi connectivity index (χ2v) is 3.45. The maximum atomic E-state index is 4.38. The monoisotopic (exact) mass is 214 g/mol. The zero-order valence-electron chi connectivity index (χ0n) is 8.70. The van der Waals surface area contributed by atoms with Crippen LogP contribution in [0.5, 0.6) is 0 Å². The summed E-state index contributed by atoms with van der Waals surface area (Å²) in [6.07, 6.45) is 5.44. The van der Waals surface area contributed by atoms with Crippen LogP contribution in [0.15, 0.2) is 36.8 Å². The third kappa shape index (κ3) is 1.50. The van der Waals surface area contributed by atoms with Gasteiger partial charge in [-0.15, -0.1) is 0 Å². The summed E-state index contributed by atoms with van der Waals surface area (Å²) in [6, 6.07) is 5.60. The minimum Gasteiger partial charge on any atom is -0.323 e. The smallest absolute Gasteiger partial charge is 0.157 e. The maximum absolute atomic E-state index is 4.38. The first kappa shape index (κ1) is 8.90. The highest BCUT2D eigenvalue weighted by Crippen LogP contribution is 2.12. The highest BCUT2D eigenvalue weighted by atomic mass is 15.3. The Morgan fingerprint density at radius 2 is 2.00 bits per heavy atom. The van der Waals surface area contributed by atoms with Crippen molar-refractivity contribution in [2.75, 3.05) is 5.32 Å². The van der Waals surface area contributed by atoms with Gasteiger partial charge in [-0.25, -0.2) is 9.50 Å². The van der Waals surface area contributed by atoms with Crippen molar-refractivity contribution in [3.05, 3.63) is 36.8 Å². The van der Waals surface area contributed by atoms with Crippen LogP contribution in [0.25, 0.3) is 5.65 Å². The minimum absolute atomic E-state index is 0.756. The molecule has 0 saturated carbocycles. The molecular weight excluding hydrogens is 204 g/mol. The van der Waals surface area contributed by atoms with E-state index in [0.29, 0.717) is 0 Å². The summed E-state index contributed by atoms with van der Waals surface area (Å²) in [5.74, 6) is 1.53. The van der Waals surface area contributed by atoms with Crippen molar-refractivity contribution in [1.29, 1.82) is 0 Å². The largest absolute Gasteiger partial charge is 0.323 e. The first-order chi connectivity index (χ1) is 7.81. The number of nitrogens with one attached hydrogen (secondary N) is 1. The molecule has 3 rings (SSSR count). The normalized spacial score (nSPS) is 10.8. The summed E-state index contributed by atoms with van der Waals surface area (Å²) in [5.41, 5.74) is 0.806. The molecule has 0 bridgehead atoms.